The third kappa shape index (κ3) is 5.01. The first-order valence-corrected chi connectivity index (χ1v) is 11.4. The van der Waals surface area contributed by atoms with Gasteiger partial charge >= 0.3 is 0 Å². The molecule has 0 unspecified atom stereocenters. The van der Waals surface area contributed by atoms with Crippen LogP contribution in [0.25, 0.3) is 0 Å². The summed E-state index contributed by atoms with van der Waals surface area (Å²) in [6, 6.07) is 11.3. The number of carbonyl (C=O) groups is 2. The Balaban J connectivity index is 1.63. The molecule has 1 atom stereocenters. The Bertz CT molecular complexity index is 1130. The van der Waals surface area contributed by atoms with Crippen LogP contribution in [-0.4, -0.2) is 66.5 Å². The predicted octanol–water partition coefficient (Wildman–Crippen LogP) is 2.13. The van der Waals surface area contributed by atoms with Crippen LogP contribution in [0.15, 0.2) is 53.4 Å². The topological polar surface area (TPSA) is 130 Å². The van der Waals surface area contributed by atoms with Crippen LogP contribution in [0.1, 0.15) is 24.2 Å². The van der Waals surface area contributed by atoms with Gasteiger partial charge in [-0.15, -0.1) is 0 Å². The average molecular weight is 461 g/mol. The monoisotopic (exact) mass is 460 g/mol. The van der Waals surface area contributed by atoms with Gasteiger partial charge in [0.05, 0.1) is 11.0 Å². The van der Waals surface area contributed by atoms with Crippen LogP contribution in [0.3, 0.4) is 0 Å². The van der Waals surface area contributed by atoms with Gasteiger partial charge in [0.25, 0.3) is 5.69 Å². The molecule has 1 heterocycles. The standard InChI is InChI=1S/C21H24N4O6S/c1-15(21(27)22-18-9-7-17(8-10-18)16(2)26)23-11-13-24(14-12-23)32(30,31)20-6-4-3-5-19(20)25(28)29/h3-10,15H,11-14H2,1-2H3,(H,22,27)/t15-/m1/s1. The molecule has 3 rings (SSSR count). The summed E-state index contributed by atoms with van der Waals surface area (Å²) in [6.45, 7) is 4.02. The fourth-order valence-corrected chi connectivity index (χ4v) is 5.08. The van der Waals surface area contributed by atoms with Crippen molar-refractivity contribution in [2.24, 2.45) is 0 Å². The predicted molar refractivity (Wildman–Crippen MR) is 118 cm³/mol. The number of anilines is 1. The molecule has 0 bridgehead atoms. The molecule has 1 fully saturated rings. The van der Waals surface area contributed by atoms with Crippen molar-refractivity contribution in [1.29, 1.82) is 0 Å². The Morgan fingerprint density at radius 2 is 1.62 bits per heavy atom. The van der Waals surface area contributed by atoms with Gasteiger partial charge in [-0.2, -0.15) is 4.31 Å². The Labute approximate surface area is 186 Å². The highest BCUT2D eigenvalue weighted by Gasteiger charge is 2.35. The van der Waals surface area contributed by atoms with Crippen molar-refractivity contribution in [2.75, 3.05) is 31.5 Å². The highest BCUT2D eigenvalue weighted by Crippen LogP contribution is 2.27. The van der Waals surface area contributed by atoms with Crippen molar-refractivity contribution >= 4 is 33.1 Å². The van der Waals surface area contributed by atoms with Gasteiger partial charge in [0, 0.05) is 43.5 Å². The number of piperazine rings is 1. The summed E-state index contributed by atoms with van der Waals surface area (Å²) in [5.74, 6) is -0.319. The molecule has 2 aromatic rings. The summed E-state index contributed by atoms with van der Waals surface area (Å²) in [4.78, 5) is 36.0. The number of para-hydroxylation sites is 1. The number of hydrogen-bond donors (Lipinski definition) is 1. The van der Waals surface area contributed by atoms with Crippen LogP contribution in [0.4, 0.5) is 11.4 Å². The van der Waals surface area contributed by atoms with E-state index in [4.69, 9.17) is 0 Å². The first-order chi connectivity index (χ1) is 15.1. The molecule has 170 valence electrons. The van der Waals surface area contributed by atoms with Gasteiger partial charge < -0.3 is 5.32 Å². The lowest BCUT2D eigenvalue weighted by Gasteiger charge is -2.36. The van der Waals surface area contributed by atoms with E-state index in [1.165, 1.54) is 35.5 Å². The van der Waals surface area contributed by atoms with E-state index in [0.29, 0.717) is 24.3 Å². The fraction of sp³-hybridized carbons (Fsp3) is 0.333. The van der Waals surface area contributed by atoms with E-state index in [1.807, 2.05) is 4.90 Å². The Hall–Kier alpha value is -3.15. The van der Waals surface area contributed by atoms with Gasteiger partial charge in [-0.1, -0.05) is 12.1 Å². The molecule has 0 aliphatic carbocycles. The largest absolute Gasteiger partial charge is 0.325 e. The SMILES string of the molecule is CC(=O)c1ccc(NC(=O)[C@@H](C)N2CCN(S(=O)(=O)c3ccccc3[N+](=O)[O-])CC2)cc1. The normalized spacial score (nSPS) is 16.3. The van der Waals surface area contributed by atoms with E-state index in [-0.39, 0.29) is 29.7 Å². The maximum absolute atomic E-state index is 12.9. The number of nitro benzene ring substituents is 1. The van der Waals surface area contributed by atoms with Crippen LogP contribution >= 0.6 is 0 Å². The van der Waals surface area contributed by atoms with Crippen LogP contribution in [0, 0.1) is 10.1 Å². The highest BCUT2D eigenvalue weighted by molar-refractivity contribution is 7.89. The number of sulfonamides is 1. The summed E-state index contributed by atoms with van der Waals surface area (Å²) in [5, 5.41) is 14.0. The summed E-state index contributed by atoms with van der Waals surface area (Å²) in [5.41, 5.74) is 0.648. The summed E-state index contributed by atoms with van der Waals surface area (Å²) in [7, 11) is -4.03. The van der Waals surface area contributed by atoms with Crippen molar-refractivity contribution in [3.63, 3.8) is 0 Å². The number of carbonyl (C=O) groups excluding carboxylic acids is 2. The first kappa shape index (κ1) is 23.5. The van der Waals surface area contributed by atoms with Gasteiger partial charge in [-0.05, 0) is 44.2 Å². The summed E-state index contributed by atoms with van der Waals surface area (Å²) < 4.78 is 27.1. The van der Waals surface area contributed by atoms with Gasteiger partial charge in [-0.25, -0.2) is 8.42 Å². The summed E-state index contributed by atoms with van der Waals surface area (Å²) >= 11 is 0. The molecule has 0 radical (unpaired) electrons. The van der Waals surface area contributed by atoms with Crippen molar-refractivity contribution in [1.82, 2.24) is 9.21 Å². The summed E-state index contributed by atoms with van der Waals surface area (Å²) in [6.07, 6.45) is 0. The van der Waals surface area contributed by atoms with Gasteiger partial charge in [-0.3, -0.25) is 24.6 Å². The molecule has 0 spiro atoms. The minimum absolute atomic E-state index is 0.0649. The highest BCUT2D eigenvalue weighted by atomic mass is 32.2. The molecule has 1 saturated heterocycles. The molecule has 2 aromatic carbocycles. The number of amides is 1. The Kier molecular flexibility index (Phi) is 7.02. The number of Topliss-reactive ketones (excluding diaryl/α,β-unsaturated/α-hetero) is 1. The fourth-order valence-electron chi connectivity index (χ4n) is 3.50. The average Bonchev–Trinajstić information content (AvgIpc) is 2.79. The Morgan fingerprint density at radius 1 is 1.03 bits per heavy atom. The van der Waals surface area contributed by atoms with Crippen LogP contribution in [0.2, 0.25) is 0 Å². The molecule has 1 aliphatic heterocycles. The van der Waals surface area contributed by atoms with E-state index in [0.717, 1.165) is 0 Å². The van der Waals surface area contributed by atoms with Crippen molar-refractivity contribution in [3.8, 4) is 0 Å². The molecule has 32 heavy (non-hydrogen) atoms. The molecule has 1 N–H and O–H groups in total. The van der Waals surface area contributed by atoms with E-state index >= 15 is 0 Å². The number of nitro groups is 1. The van der Waals surface area contributed by atoms with Crippen LogP contribution < -0.4 is 5.32 Å². The molecule has 1 aliphatic rings. The van der Waals surface area contributed by atoms with E-state index in [1.54, 1.807) is 31.2 Å². The quantitative estimate of drug-likeness (QED) is 0.380. The van der Waals surface area contributed by atoms with E-state index in [2.05, 4.69) is 5.32 Å². The van der Waals surface area contributed by atoms with Crippen molar-refractivity contribution < 1.29 is 22.9 Å². The smallest absolute Gasteiger partial charge is 0.289 e. The molecule has 10 nitrogen and oxygen atoms in total. The van der Waals surface area contributed by atoms with Crippen LogP contribution in [0.5, 0.6) is 0 Å². The molecule has 1 amide bonds. The lowest BCUT2D eigenvalue weighted by atomic mass is 10.1. The number of ketones is 1. The second-order valence-electron chi connectivity index (χ2n) is 7.46. The zero-order valence-electron chi connectivity index (χ0n) is 17.7. The lowest BCUT2D eigenvalue weighted by molar-refractivity contribution is -0.387. The number of nitrogens with zero attached hydrogens (tertiary/aromatic N) is 3. The third-order valence-corrected chi connectivity index (χ3v) is 7.39. The Morgan fingerprint density at radius 3 is 2.19 bits per heavy atom. The molecule has 0 aromatic heterocycles. The maximum Gasteiger partial charge on any atom is 0.289 e. The third-order valence-electron chi connectivity index (χ3n) is 5.44. The zero-order chi connectivity index (χ0) is 23.5. The molecular weight excluding hydrogens is 436 g/mol. The lowest BCUT2D eigenvalue weighted by Crippen LogP contribution is -2.53. The van der Waals surface area contributed by atoms with Gasteiger partial charge in [0.15, 0.2) is 10.7 Å². The second-order valence-corrected chi connectivity index (χ2v) is 9.37. The first-order valence-electron chi connectivity index (χ1n) is 10.0. The number of nitrogens with one attached hydrogen (secondary N) is 1. The van der Waals surface area contributed by atoms with E-state index < -0.39 is 26.7 Å². The van der Waals surface area contributed by atoms with Crippen LogP contribution in [-0.2, 0) is 14.8 Å². The molecule has 0 saturated carbocycles. The molecular formula is C21H24N4O6S. The zero-order valence-corrected chi connectivity index (χ0v) is 18.5. The van der Waals surface area contributed by atoms with Gasteiger partial charge in [0.1, 0.15) is 0 Å². The minimum Gasteiger partial charge on any atom is -0.325 e. The molecule has 11 heteroatoms. The number of rotatable bonds is 7. The minimum atomic E-state index is -4.03. The van der Waals surface area contributed by atoms with Crippen molar-refractivity contribution in [3.05, 3.63) is 64.2 Å². The number of hydrogen-bond acceptors (Lipinski definition) is 7. The second kappa shape index (κ2) is 9.55. The number of benzene rings is 2. The maximum atomic E-state index is 12.9. The van der Waals surface area contributed by atoms with Crippen molar-refractivity contribution in [2.45, 2.75) is 24.8 Å². The van der Waals surface area contributed by atoms with E-state index in [9.17, 15) is 28.1 Å². The van der Waals surface area contributed by atoms with Gasteiger partial charge in [0.2, 0.25) is 15.9 Å².